The van der Waals surface area contributed by atoms with Gasteiger partial charge in [-0.25, -0.2) is 8.78 Å². The highest BCUT2D eigenvalue weighted by molar-refractivity contribution is 6.36. The number of nitrogens with zero attached hydrogens (tertiary/aromatic N) is 1. The number of aryl methyl sites for hydroxylation is 1. The molecule has 0 saturated heterocycles. The van der Waals surface area contributed by atoms with Crippen LogP contribution in [0.1, 0.15) is 34.5 Å². The van der Waals surface area contributed by atoms with Gasteiger partial charge in [-0.05, 0) is 55.5 Å². The SMILES string of the molecule is O=C(Nc1ccc(F)cc1F)c1ccc2c(Cl)c3c(nc2c1)CCCC3. The molecule has 0 atom stereocenters. The molecule has 1 amide bonds. The van der Waals surface area contributed by atoms with Crippen LogP contribution in [-0.4, -0.2) is 10.9 Å². The number of nitrogens with one attached hydrogen (secondary N) is 1. The smallest absolute Gasteiger partial charge is 0.255 e. The second-order valence-corrected chi connectivity index (χ2v) is 6.75. The van der Waals surface area contributed by atoms with Crippen LogP contribution in [0.15, 0.2) is 36.4 Å². The number of hydrogen-bond acceptors (Lipinski definition) is 2. The van der Waals surface area contributed by atoms with Gasteiger partial charge in [-0.2, -0.15) is 0 Å². The summed E-state index contributed by atoms with van der Waals surface area (Å²) in [4.78, 5) is 17.1. The number of fused-ring (bicyclic) bond motifs is 2. The fraction of sp³-hybridized carbons (Fsp3) is 0.200. The second kappa shape index (κ2) is 6.65. The Labute approximate surface area is 154 Å². The van der Waals surface area contributed by atoms with Crippen molar-refractivity contribution in [1.82, 2.24) is 4.98 Å². The van der Waals surface area contributed by atoms with Crippen molar-refractivity contribution >= 4 is 34.1 Å². The summed E-state index contributed by atoms with van der Waals surface area (Å²) >= 11 is 6.53. The first-order chi connectivity index (χ1) is 12.5. The molecule has 0 saturated carbocycles. The number of halogens is 3. The van der Waals surface area contributed by atoms with E-state index in [0.29, 0.717) is 16.1 Å². The van der Waals surface area contributed by atoms with E-state index in [1.807, 2.05) is 0 Å². The minimum absolute atomic E-state index is 0.0760. The molecule has 132 valence electrons. The van der Waals surface area contributed by atoms with Crippen molar-refractivity contribution in [2.24, 2.45) is 0 Å². The molecule has 0 unspecified atom stereocenters. The first kappa shape index (κ1) is 16.9. The first-order valence-corrected chi connectivity index (χ1v) is 8.78. The lowest BCUT2D eigenvalue weighted by Gasteiger charge is -2.18. The molecule has 0 bridgehead atoms. The summed E-state index contributed by atoms with van der Waals surface area (Å²) < 4.78 is 26.7. The summed E-state index contributed by atoms with van der Waals surface area (Å²) in [6.45, 7) is 0. The van der Waals surface area contributed by atoms with Gasteiger partial charge >= 0.3 is 0 Å². The molecule has 0 spiro atoms. The predicted octanol–water partition coefficient (Wildman–Crippen LogP) is 5.30. The quantitative estimate of drug-likeness (QED) is 0.663. The highest BCUT2D eigenvalue weighted by atomic mass is 35.5. The Morgan fingerprint density at radius 3 is 2.69 bits per heavy atom. The van der Waals surface area contributed by atoms with E-state index in [9.17, 15) is 13.6 Å². The van der Waals surface area contributed by atoms with E-state index >= 15 is 0 Å². The molecule has 0 radical (unpaired) electrons. The topological polar surface area (TPSA) is 42.0 Å². The molecule has 1 aromatic heterocycles. The zero-order valence-corrected chi connectivity index (χ0v) is 14.5. The summed E-state index contributed by atoms with van der Waals surface area (Å²) in [5, 5.41) is 3.95. The zero-order chi connectivity index (χ0) is 18.3. The van der Waals surface area contributed by atoms with Crippen LogP contribution in [0.4, 0.5) is 14.5 Å². The lowest BCUT2D eigenvalue weighted by molar-refractivity contribution is 0.102. The lowest BCUT2D eigenvalue weighted by Crippen LogP contribution is -2.13. The molecule has 0 aliphatic heterocycles. The number of rotatable bonds is 2. The average Bonchev–Trinajstić information content (AvgIpc) is 2.64. The number of carbonyl (C=O) groups excluding carboxylic acids is 1. The maximum atomic E-state index is 13.7. The number of anilines is 1. The standard InChI is InChI=1S/C20H15ClF2N2O/c21-19-13-3-1-2-4-16(13)24-18-9-11(5-7-14(18)19)20(26)25-17-8-6-12(22)10-15(17)23/h5-10H,1-4H2,(H,25,26). The third-order valence-corrected chi connectivity index (χ3v) is 5.07. The van der Waals surface area contributed by atoms with Crippen molar-refractivity contribution in [3.63, 3.8) is 0 Å². The Hall–Kier alpha value is -2.53. The highest BCUT2D eigenvalue weighted by Gasteiger charge is 2.18. The Balaban J connectivity index is 1.69. The van der Waals surface area contributed by atoms with Gasteiger partial charge in [0, 0.05) is 22.7 Å². The maximum absolute atomic E-state index is 13.7. The molecule has 6 heteroatoms. The minimum atomic E-state index is -0.825. The third-order valence-electron chi connectivity index (χ3n) is 4.63. The molecule has 3 nitrogen and oxygen atoms in total. The van der Waals surface area contributed by atoms with Crippen LogP contribution < -0.4 is 5.32 Å². The number of benzene rings is 2. The van der Waals surface area contributed by atoms with Crippen molar-refractivity contribution in [3.05, 3.63) is 69.9 Å². The molecule has 3 aromatic rings. The number of pyridine rings is 1. The Kier molecular flexibility index (Phi) is 4.32. The minimum Gasteiger partial charge on any atom is -0.319 e. The van der Waals surface area contributed by atoms with E-state index in [1.165, 1.54) is 6.07 Å². The van der Waals surface area contributed by atoms with E-state index in [-0.39, 0.29) is 5.69 Å². The molecule has 1 aliphatic carbocycles. The van der Waals surface area contributed by atoms with Crippen LogP contribution in [0.3, 0.4) is 0 Å². The Morgan fingerprint density at radius 2 is 1.88 bits per heavy atom. The van der Waals surface area contributed by atoms with E-state index in [1.54, 1.807) is 18.2 Å². The average molecular weight is 373 g/mol. The van der Waals surface area contributed by atoms with Gasteiger partial charge in [0.25, 0.3) is 5.91 Å². The van der Waals surface area contributed by atoms with Gasteiger partial charge in [-0.3, -0.25) is 9.78 Å². The molecule has 1 aliphatic rings. The largest absolute Gasteiger partial charge is 0.319 e. The molecule has 26 heavy (non-hydrogen) atoms. The number of carbonyl (C=O) groups is 1. The number of amides is 1. The summed E-state index contributed by atoms with van der Waals surface area (Å²) in [5.41, 5.74) is 2.98. The van der Waals surface area contributed by atoms with Crippen LogP contribution in [-0.2, 0) is 12.8 Å². The van der Waals surface area contributed by atoms with Gasteiger partial charge in [0.15, 0.2) is 0 Å². The fourth-order valence-corrected chi connectivity index (χ4v) is 3.66. The molecule has 4 rings (SSSR count). The van der Waals surface area contributed by atoms with Gasteiger partial charge in [0.05, 0.1) is 16.2 Å². The first-order valence-electron chi connectivity index (χ1n) is 8.40. The van der Waals surface area contributed by atoms with Crippen molar-refractivity contribution in [3.8, 4) is 0 Å². The maximum Gasteiger partial charge on any atom is 0.255 e. The fourth-order valence-electron chi connectivity index (χ4n) is 3.29. The van der Waals surface area contributed by atoms with Crippen molar-refractivity contribution < 1.29 is 13.6 Å². The summed E-state index contributed by atoms with van der Waals surface area (Å²) in [5.74, 6) is -2.02. The summed E-state index contributed by atoms with van der Waals surface area (Å²) in [6, 6.07) is 8.04. The van der Waals surface area contributed by atoms with Gasteiger partial charge < -0.3 is 5.32 Å². The normalized spacial score (nSPS) is 13.5. The van der Waals surface area contributed by atoms with Crippen molar-refractivity contribution in [2.45, 2.75) is 25.7 Å². The van der Waals surface area contributed by atoms with Gasteiger partial charge in [0.2, 0.25) is 0 Å². The Bertz CT molecular complexity index is 1040. The van der Waals surface area contributed by atoms with E-state index in [0.717, 1.165) is 54.5 Å². The van der Waals surface area contributed by atoms with Crippen LogP contribution in [0.2, 0.25) is 5.02 Å². The van der Waals surface area contributed by atoms with Gasteiger partial charge in [0.1, 0.15) is 11.6 Å². The van der Waals surface area contributed by atoms with E-state index in [2.05, 4.69) is 10.3 Å². The van der Waals surface area contributed by atoms with Crippen LogP contribution in [0, 0.1) is 11.6 Å². The number of hydrogen-bond donors (Lipinski definition) is 1. The van der Waals surface area contributed by atoms with Crippen molar-refractivity contribution in [2.75, 3.05) is 5.32 Å². The third kappa shape index (κ3) is 3.03. The van der Waals surface area contributed by atoms with Crippen LogP contribution >= 0.6 is 11.6 Å². The van der Waals surface area contributed by atoms with Gasteiger partial charge in [-0.15, -0.1) is 0 Å². The van der Waals surface area contributed by atoms with Crippen LogP contribution in [0.5, 0.6) is 0 Å². The Morgan fingerprint density at radius 1 is 1.08 bits per heavy atom. The van der Waals surface area contributed by atoms with E-state index < -0.39 is 17.5 Å². The monoisotopic (exact) mass is 372 g/mol. The highest BCUT2D eigenvalue weighted by Crippen LogP contribution is 2.33. The lowest BCUT2D eigenvalue weighted by atomic mass is 9.94. The summed E-state index contributed by atoms with van der Waals surface area (Å²) in [7, 11) is 0. The summed E-state index contributed by atoms with van der Waals surface area (Å²) in [6.07, 6.45) is 3.97. The number of aromatic nitrogens is 1. The molecule has 2 aromatic carbocycles. The van der Waals surface area contributed by atoms with Crippen LogP contribution in [0.25, 0.3) is 10.9 Å². The second-order valence-electron chi connectivity index (χ2n) is 6.37. The zero-order valence-electron chi connectivity index (χ0n) is 13.8. The van der Waals surface area contributed by atoms with Crippen molar-refractivity contribution in [1.29, 1.82) is 0 Å². The molecule has 0 fully saturated rings. The molecular weight excluding hydrogens is 358 g/mol. The molecule has 1 heterocycles. The van der Waals surface area contributed by atoms with Gasteiger partial charge in [-0.1, -0.05) is 17.7 Å². The van der Waals surface area contributed by atoms with E-state index in [4.69, 9.17) is 11.6 Å². The molecular formula is C20H15ClF2N2O. The predicted molar refractivity (Wildman–Crippen MR) is 97.7 cm³/mol. The molecule has 1 N–H and O–H groups in total.